The Morgan fingerprint density at radius 2 is 1.69 bits per heavy atom. The third-order valence-electron chi connectivity index (χ3n) is 2.73. The van der Waals surface area contributed by atoms with Crippen molar-refractivity contribution < 1.29 is 10.4 Å². The molecule has 0 aromatic heterocycles. The molecule has 1 aromatic carbocycles. The molecule has 0 atom stereocenters. The quantitative estimate of drug-likeness (QED) is 0.674. The van der Waals surface area contributed by atoms with E-state index in [0.29, 0.717) is 6.61 Å². The second-order valence-corrected chi connectivity index (χ2v) is 4.56. The monoisotopic (exact) mass is 222 g/mol. The highest BCUT2D eigenvalue weighted by Gasteiger charge is 1.98. The van der Waals surface area contributed by atoms with Gasteiger partial charge in [0.25, 0.3) is 0 Å². The number of quaternary nitrogens is 1. The van der Waals surface area contributed by atoms with Gasteiger partial charge >= 0.3 is 0 Å². The van der Waals surface area contributed by atoms with Gasteiger partial charge < -0.3 is 10.4 Å². The van der Waals surface area contributed by atoms with Crippen LogP contribution in [0.4, 0.5) is 0 Å². The number of unbranched alkanes of at least 4 members (excludes halogenated alkanes) is 2. The van der Waals surface area contributed by atoms with E-state index in [4.69, 9.17) is 5.11 Å². The van der Waals surface area contributed by atoms with Crippen molar-refractivity contribution in [3.05, 3.63) is 34.9 Å². The molecule has 0 bridgehead atoms. The van der Waals surface area contributed by atoms with Crippen molar-refractivity contribution >= 4 is 0 Å². The summed E-state index contributed by atoms with van der Waals surface area (Å²) in [5, 5.41) is 11.0. The molecule has 0 heterocycles. The smallest absolute Gasteiger partial charge is 0.101 e. The van der Waals surface area contributed by atoms with Crippen molar-refractivity contribution in [2.24, 2.45) is 0 Å². The summed E-state index contributed by atoms with van der Waals surface area (Å²) in [5.74, 6) is 0. The number of benzene rings is 1. The molecule has 0 radical (unpaired) electrons. The van der Waals surface area contributed by atoms with Crippen LogP contribution in [-0.4, -0.2) is 18.3 Å². The standard InChI is InChI=1S/C14H23NO/c1-12-8-13(2)10-14(9-12)11-15-6-4-3-5-7-16/h8-10,15-16H,3-7,11H2,1-2H3/p+1. The highest BCUT2D eigenvalue weighted by Crippen LogP contribution is 2.07. The zero-order chi connectivity index (χ0) is 11.8. The summed E-state index contributed by atoms with van der Waals surface area (Å²) in [7, 11) is 0. The summed E-state index contributed by atoms with van der Waals surface area (Å²) in [6.45, 7) is 6.86. The molecule has 1 rings (SSSR count). The van der Waals surface area contributed by atoms with E-state index in [1.54, 1.807) is 0 Å². The van der Waals surface area contributed by atoms with Gasteiger partial charge in [-0.3, -0.25) is 0 Å². The molecular formula is C14H24NO+. The van der Waals surface area contributed by atoms with Crippen molar-refractivity contribution in [3.63, 3.8) is 0 Å². The zero-order valence-corrected chi connectivity index (χ0v) is 10.5. The van der Waals surface area contributed by atoms with Crippen LogP contribution in [-0.2, 0) is 6.54 Å². The minimum absolute atomic E-state index is 0.330. The Labute approximate surface area is 98.7 Å². The van der Waals surface area contributed by atoms with Crippen LogP contribution in [0.3, 0.4) is 0 Å². The number of aliphatic hydroxyl groups excluding tert-OH is 1. The summed E-state index contributed by atoms with van der Waals surface area (Å²) in [4.78, 5) is 0. The molecule has 16 heavy (non-hydrogen) atoms. The van der Waals surface area contributed by atoms with E-state index >= 15 is 0 Å². The number of nitrogens with two attached hydrogens (primary N) is 1. The number of aryl methyl sites for hydroxylation is 2. The topological polar surface area (TPSA) is 36.8 Å². The summed E-state index contributed by atoms with van der Waals surface area (Å²) in [6, 6.07) is 6.74. The van der Waals surface area contributed by atoms with E-state index in [2.05, 4.69) is 37.4 Å². The van der Waals surface area contributed by atoms with Crippen molar-refractivity contribution in [2.45, 2.75) is 39.7 Å². The second kappa shape index (κ2) is 7.42. The van der Waals surface area contributed by atoms with Crippen molar-refractivity contribution in [1.29, 1.82) is 0 Å². The van der Waals surface area contributed by atoms with Crippen molar-refractivity contribution in [1.82, 2.24) is 0 Å². The van der Waals surface area contributed by atoms with Gasteiger partial charge in [-0.15, -0.1) is 0 Å². The summed E-state index contributed by atoms with van der Waals surface area (Å²) < 4.78 is 0. The van der Waals surface area contributed by atoms with E-state index in [0.717, 1.165) is 25.9 Å². The highest BCUT2D eigenvalue weighted by atomic mass is 16.2. The van der Waals surface area contributed by atoms with E-state index in [1.807, 2.05) is 0 Å². The van der Waals surface area contributed by atoms with E-state index in [9.17, 15) is 0 Å². The minimum atomic E-state index is 0.330. The number of rotatable bonds is 7. The summed E-state index contributed by atoms with van der Waals surface area (Å²) in [5.41, 5.74) is 4.12. The lowest BCUT2D eigenvalue weighted by Crippen LogP contribution is -2.82. The van der Waals surface area contributed by atoms with Gasteiger partial charge in [0.15, 0.2) is 0 Å². The van der Waals surface area contributed by atoms with Gasteiger partial charge in [0.1, 0.15) is 6.54 Å². The van der Waals surface area contributed by atoms with Crippen LogP contribution in [0.15, 0.2) is 18.2 Å². The third-order valence-corrected chi connectivity index (χ3v) is 2.73. The number of aliphatic hydroxyl groups is 1. The van der Waals surface area contributed by atoms with Crippen LogP contribution >= 0.6 is 0 Å². The van der Waals surface area contributed by atoms with Crippen LogP contribution in [0, 0.1) is 13.8 Å². The molecular weight excluding hydrogens is 198 g/mol. The van der Waals surface area contributed by atoms with Crippen molar-refractivity contribution in [3.8, 4) is 0 Å². The Morgan fingerprint density at radius 1 is 1.00 bits per heavy atom. The van der Waals surface area contributed by atoms with Gasteiger partial charge in [0, 0.05) is 12.2 Å². The first-order valence-corrected chi connectivity index (χ1v) is 6.22. The molecule has 0 aliphatic rings. The first kappa shape index (κ1) is 13.2. The van der Waals surface area contributed by atoms with Gasteiger partial charge in [-0.05, 0) is 33.1 Å². The highest BCUT2D eigenvalue weighted by molar-refractivity contribution is 5.27. The predicted octanol–water partition coefficient (Wildman–Crippen LogP) is 1.53. The van der Waals surface area contributed by atoms with Crippen LogP contribution in [0.2, 0.25) is 0 Å². The average molecular weight is 222 g/mol. The largest absolute Gasteiger partial charge is 0.396 e. The fourth-order valence-corrected chi connectivity index (χ4v) is 2.03. The van der Waals surface area contributed by atoms with Gasteiger partial charge in [-0.25, -0.2) is 0 Å². The van der Waals surface area contributed by atoms with Crippen LogP contribution in [0.1, 0.15) is 36.0 Å². The Bertz CT molecular complexity index is 289. The molecule has 0 aliphatic carbocycles. The normalized spacial score (nSPS) is 10.7. The average Bonchev–Trinajstić information content (AvgIpc) is 2.22. The molecule has 0 saturated heterocycles. The molecule has 0 saturated carbocycles. The molecule has 1 aromatic rings. The van der Waals surface area contributed by atoms with Crippen LogP contribution in [0.5, 0.6) is 0 Å². The Morgan fingerprint density at radius 3 is 2.31 bits per heavy atom. The maximum atomic E-state index is 8.65. The number of hydrogen-bond acceptors (Lipinski definition) is 1. The molecule has 0 amide bonds. The molecule has 0 spiro atoms. The molecule has 90 valence electrons. The maximum absolute atomic E-state index is 8.65. The SMILES string of the molecule is Cc1cc(C)cc(C[NH2+]CCCCCO)c1. The lowest BCUT2D eigenvalue weighted by atomic mass is 10.1. The van der Waals surface area contributed by atoms with Crippen LogP contribution in [0.25, 0.3) is 0 Å². The maximum Gasteiger partial charge on any atom is 0.101 e. The molecule has 2 nitrogen and oxygen atoms in total. The zero-order valence-electron chi connectivity index (χ0n) is 10.5. The number of hydrogen-bond donors (Lipinski definition) is 2. The first-order chi connectivity index (χ1) is 7.72. The van der Waals surface area contributed by atoms with Crippen LogP contribution < -0.4 is 5.32 Å². The Hall–Kier alpha value is -0.860. The fourth-order valence-electron chi connectivity index (χ4n) is 2.03. The molecule has 0 aliphatic heterocycles. The van der Waals surface area contributed by atoms with Gasteiger partial charge in [-0.2, -0.15) is 0 Å². The second-order valence-electron chi connectivity index (χ2n) is 4.56. The van der Waals surface area contributed by atoms with Gasteiger partial charge in [0.05, 0.1) is 6.54 Å². The van der Waals surface area contributed by atoms with E-state index < -0.39 is 0 Å². The minimum Gasteiger partial charge on any atom is -0.396 e. The van der Waals surface area contributed by atoms with Crippen molar-refractivity contribution in [2.75, 3.05) is 13.2 Å². The summed E-state index contributed by atoms with van der Waals surface area (Å²) in [6.07, 6.45) is 3.28. The van der Waals surface area contributed by atoms with E-state index in [1.165, 1.54) is 23.1 Å². The lowest BCUT2D eigenvalue weighted by Gasteiger charge is -2.04. The predicted molar refractivity (Wildman–Crippen MR) is 67.3 cm³/mol. The van der Waals surface area contributed by atoms with Gasteiger partial charge in [0.2, 0.25) is 0 Å². The molecule has 0 unspecified atom stereocenters. The molecule has 2 heteroatoms. The molecule has 3 N–H and O–H groups in total. The lowest BCUT2D eigenvalue weighted by molar-refractivity contribution is -0.671. The first-order valence-electron chi connectivity index (χ1n) is 6.22. The van der Waals surface area contributed by atoms with E-state index in [-0.39, 0.29) is 0 Å². The van der Waals surface area contributed by atoms with Gasteiger partial charge in [-0.1, -0.05) is 29.3 Å². The fraction of sp³-hybridized carbons (Fsp3) is 0.571. The molecule has 0 fully saturated rings. The third kappa shape index (κ3) is 5.29. The summed E-state index contributed by atoms with van der Waals surface area (Å²) >= 11 is 0. The Kier molecular flexibility index (Phi) is 6.12. The Balaban J connectivity index is 2.21.